The van der Waals surface area contributed by atoms with Gasteiger partial charge in [0.1, 0.15) is 17.4 Å². The topological polar surface area (TPSA) is 109 Å². The van der Waals surface area contributed by atoms with E-state index in [-0.39, 0.29) is 6.54 Å². The largest absolute Gasteiger partial charge is 0.497 e. The van der Waals surface area contributed by atoms with Crippen molar-refractivity contribution in [1.82, 2.24) is 14.9 Å². The zero-order chi connectivity index (χ0) is 20.2. The van der Waals surface area contributed by atoms with Gasteiger partial charge in [-0.2, -0.15) is 0 Å². The third kappa shape index (κ3) is 5.19. The molecule has 0 aliphatic heterocycles. The number of ether oxygens (including phenoxy) is 3. The normalized spacial score (nSPS) is 12.3. The average molecular weight is 377 g/mol. The molecule has 2 rings (SSSR count). The first-order chi connectivity index (χ1) is 12.6. The summed E-state index contributed by atoms with van der Waals surface area (Å²) >= 11 is 0. The first kappa shape index (κ1) is 20.2. The van der Waals surface area contributed by atoms with Crippen molar-refractivity contribution >= 4 is 23.1 Å². The lowest BCUT2D eigenvalue weighted by molar-refractivity contribution is -0.143. The van der Waals surface area contributed by atoms with Crippen molar-refractivity contribution in [2.24, 2.45) is 0 Å². The van der Waals surface area contributed by atoms with Crippen LogP contribution in [0.15, 0.2) is 29.2 Å². The van der Waals surface area contributed by atoms with Gasteiger partial charge in [0.25, 0.3) is 5.56 Å². The summed E-state index contributed by atoms with van der Waals surface area (Å²) in [7, 11) is 2.70. The van der Waals surface area contributed by atoms with Gasteiger partial charge < -0.3 is 24.1 Å². The number of esters is 1. The van der Waals surface area contributed by atoms with Crippen molar-refractivity contribution in [3.8, 4) is 5.75 Å². The van der Waals surface area contributed by atoms with Crippen LogP contribution in [0.3, 0.4) is 0 Å². The fourth-order valence-corrected chi connectivity index (χ4v) is 2.41. The molecule has 27 heavy (non-hydrogen) atoms. The molecule has 9 heteroatoms. The number of nitrogens with one attached hydrogen (secondary N) is 1. The van der Waals surface area contributed by atoms with Gasteiger partial charge in [0, 0.05) is 6.07 Å². The molecule has 0 spiro atoms. The number of hydrogen-bond acceptors (Lipinski definition) is 7. The Labute approximate surface area is 156 Å². The second-order valence-electron chi connectivity index (χ2n) is 6.78. The van der Waals surface area contributed by atoms with Crippen molar-refractivity contribution in [1.29, 1.82) is 0 Å². The summed E-state index contributed by atoms with van der Waals surface area (Å²) in [6.45, 7) is 4.95. The number of aromatic nitrogens is 2. The van der Waals surface area contributed by atoms with Crippen molar-refractivity contribution in [3.63, 3.8) is 0 Å². The summed E-state index contributed by atoms with van der Waals surface area (Å²) in [6.07, 6.45) is 0.360. The summed E-state index contributed by atoms with van der Waals surface area (Å²) in [5.74, 6) is -0.181. The number of alkyl carbamates (subject to hydrolysis) is 1. The van der Waals surface area contributed by atoms with Gasteiger partial charge >= 0.3 is 12.1 Å². The molecule has 1 unspecified atom stereocenters. The number of fused-ring (bicyclic) bond motifs is 1. The quantitative estimate of drug-likeness (QED) is 0.786. The van der Waals surface area contributed by atoms with Crippen LogP contribution in [0.4, 0.5) is 4.79 Å². The van der Waals surface area contributed by atoms with Gasteiger partial charge in [0.2, 0.25) is 0 Å². The number of methoxy groups -OCH3 is 2. The van der Waals surface area contributed by atoms with Crippen LogP contribution in [0.2, 0.25) is 0 Å². The standard InChI is InChI=1S/C18H23N3O6/c1-18(2,3)27-17(24)20-13(16(23)26-5)10-21-14-8-11(25-4)6-7-12(14)19-9-15(21)22/h6-9,13H,10H2,1-5H3,(H,20,24). The molecule has 1 aromatic heterocycles. The highest BCUT2D eigenvalue weighted by atomic mass is 16.6. The van der Waals surface area contributed by atoms with E-state index in [0.29, 0.717) is 16.8 Å². The van der Waals surface area contributed by atoms with Gasteiger partial charge in [-0.25, -0.2) is 14.6 Å². The molecule has 0 saturated heterocycles. The Morgan fingerprint density at radius 3 is 2.56 bits per heavy atom. The third-order valence-electron chi connectivity index (χ3n) is 3.60. The monoisotopic (exact) mass is 377 g/mol. The number of carbonyl (C=O) groups excluding carboxylic acids is 2. The fourth-order valence-electron chi connectivity index (χ4n) is 2.41. The van der Waals surface area contributed by atoms with Gasteiger partial charge in [-0.05, 0) is 32.9 Å². The van der Waals surface area contributed by atoms with Gasteiger partial charge in [-0.3, -0.25) is 4.79 Å². The smallest absolute Gasteiger partial charge is 0.408 e. The number of nitrogens with zero attached hydrogens (tertiary/aromatic N) is 2. The number of hydrogen-bond donors (Lipinski definition) is 1. The molecule has 1 atom stereocenters. The summed E-state index contributed by atoms with van der Waals surface area (Å²) in [5, 5.41) is 2.45. The van der Waals surface area contributed by atoms with Crippen molar-refractivity contribution in [2.45, 2.75) is 39.0 Å². The van der Waals surface area contributed by atoms with Crippen LogP contribution < -0.4 is 15.6 Å². The maximum atomic E-state index is 12.4. The van der Waals surface area contributed by atoms with Crippen LogP contribution in [0, 0.1) is 0 Å². The minimum Gasteiger partial charge on any atom is -0.497 e. The molecule has 146 valence electrons. The number of rotatable bonds is 5. The second kappa shape index (κ2) is 8.07. The van der Waals surface area contributed by atoms with Gasteiger partial charge in [0.15, 0.2) is 0 Å². The molecule has 1 aromatic carbocycles. The van der Waals surface area contributed by atoms with Crippen molar-refractivity contribution in [2.75, 3.05) is 14.2 Å². The Morgan fingerprint density at radius 1 is 1.26 bits per heavy atom. The van der Waals surface area contributed by atoms with Crippen LogP contribution in [0.1, 0.15) is 20.8 Å². The van der Waals surface area contributed by atoms with E-state index in [4.69, 9.17) is 14.2 Å². The second-order valence-corrected chi connectivity index (χ2v) is 6.78. The highest BCUT2D eigenvalue weighted by Gasteiger charge is 2.26. The molecule has 1 N–H and O–H groups in total. The molecule has 1 amide bonds. The van der Waals surface area contributed by atoms with Gasteiger partial charge in [-0.15, -0.1) is 0 Å². The maximum absolute atomic E-state index is 12.4. The molecule has 0 radical (unpaired) electrons. The van der Waals surface area contributed by atoms with Crippen molar-refractivity contribution < 1.29 is 23.8 Å². The lowest BCUT2D eigenvalue weighted by Gasteiger charge is -2.23. The zero-order valence-corrected chi connectivity index (χ0v) is 15.9. The van der Waals surface area contributed by atoms with E-state index in [1.54, 1.807) is 39.0 Å². The van der Waals surface area contributed by atoms with Crippen LogP contribution in [-0.2, 0) is 20.8 Å². The third-order valence-corrected chi connectivity index (χ3v) is 3.60. The lowest BCUT2D eigenvalue weighted by Crippen LogP contribution is -2.47. The van der Waals surface area contributed by atoms with Crippen LogP contribution in [0.25, 0.3) is 11.0 Å². The first-order valence-electron chi connectivity index (χ1n) is 8.25. The molecular weight excluding hydrogens is 354 g/mol. The van der Waals surface area contributed by atoms with Gasteiger partial charge in [-0.1, -0.05) is 0 Å². The molecule has 0 aliphatic carbocycles. The molecule has 1 heterocycles. The van der Waals surface area contributed by atoms with E-state index in [0.717, 1.165) is 6.20 Å². The molecule has 9 nitrogen and oxygen atoms in total. The minimum absolute atomic E-state index is 0.156. The highest BCUT2D eigenvalue weighted by Crippen LogP contribution is 2.18. The van der Waals surface area contributed by atoms with E-state index >= 15 is 0 Å². The van der Waals surface area contributed by atoms with Crippen molar-refractivity contribution in [3.05, 3.63) is 34.7 Å². The molecule has 0 aliphatic rings. The Balaban J connectivity index is 2.39. The maximum Gasteiger partial charge on any atom is 0.408 e. The number of benzene rings is 1. The molecule has 2 aromatic rings. The molecule has 0 fully saturated rings. The lowest BCUT2D eigenvalue weighted by atomic mass is 10.2. The van der Waals surface area contributed by atoms with E-state index in [2.05, 4.69) is 10.3 Å². The SMILES string of the molecule is COC(=O)C(Cn1c(=O)cnc2ccc(OC)cc21)NC(=O)OC(C)(C)C. The zero-order valence-electron chi connectivity index (χ0n) is 15.9. The van der Waals surface area contributed by atoms with E-state index < -0.39 is 29.3 Å². The Hall–Kier alpha value is -3.10. The average Bonchev–Trinajstić information content (AvgIpc) is 2.60. The Bertz CT molecular complexity index is 900. The summed E-state index contributed by atoms with van der Waals surface area (Å²) in [4.78, 5) is 40.6. The molecule has 0 bridgehead atoms. The number of carbonyl (C=O) groups is 2. The minimum atomic E-state index is -1.13. The van der Waals surface area contributed by atoms with Gasteiger partial charge in [0.05, 0.1) is 38.0 Å². The Morgan fingerprint density at radius 2 is 1.96 bits per heavy atom. The summed E-state index contributed by atoms with van der Waals surface area (Å²) in [6, 6.07) is 3.91. The van der Waals surface area contributed by atoms with Crippen LogP contribution in [-0.4, -0.2) is 47.5 Å². The molecule has 0 saturated carbocycles. The summed E-state index contributed by atoms with van der Waals surface area (Å²) in [5.41, 5.74) is -0.174. The number of amides is 1. The van der Waals surface area contributed by atoms with Crippen LogP contribution >= 0.6 is 0 Å². The van der Waals surface area contributed by atoms with E-state index in [1.165, 1.54) is 18.8 Å². The Kier molecular flexibility index (Phi) is 6.04. The highest BCUT2D eigenvalue weighted by molar-refractivity contribution is 5.82. The molecular formula is C18H23N3O6. The van der Waals surface area contributed by atoms with E-state index in [1.807, 2.05) is 0 Å². The predicted molar refractivity (Wildman–Crippen MR) is 97.7 cm³/mol. The predicted octanol–water partition coefficient (Wildman–Crippen LogP) is 1.47. The van der Waals surface area contributed by atoms with E-state index in [9.17, 15) is 14.4 Å². The first-order valence-corrected chi connectivity index (χ1v) is 8.25. The fraction of sp³-hybridized carbons (Fsp3) is 0.444. The summed E-state index contributed by atoms with van der Waals surface area (Å²) < 4.78 is 16.4. The van der Waals surface area contributed by atoms with Crippen LogP contribution in [0.5, 0.6) is 5.75 Å².